The highest BCUT2D eigenvalue weighted by Crippen LogP contribution is 2.47. The molecular weight excluding hydrogens is 384 g/mol. The van der Waals surface area contributed by atoms with Crippen LogP contribution in [-0.2, 0) is 14.6 Å². The maximum atomic E-state index is 13.5. The maximum absolute atomic E-state index is 13.5. The second-order valence-corrected chi connectivity index (χ2v) is 9.15. The summed E-state index contributed by atoms with van der Waals surface area (Å²) in [4.78, 5) is 14.0. The summed E-state index contributed by atoms with van der Waals surface area (Å²) in [5.74, 6) is -1.12. The van der Waals surface area contributed by atoms with Gasteiger partial charge in [-0.1, -0.05) is 54.6 Å². The number of fused-ring (bicyclic) bond motifs is 2. The molecule has 3 aromatic rings. The van der Waals surface area contributed by atoms with Crippen molar-refractivity contribution in [3.63, 3.8) is 0 Å². The van der Waals surface area contributed by atoms with Crippen LogP contribution >= 0.6 is 0 Å². The summed E-state index contributed by atoms with van der Waals surface area (Å²) in [6.45, 7) is 1.83. The number of amides is 1. The van der Waals surface area contributed by atoms with Gasteiger partial charge in [0.1, 0.15) is 0 Å². The molecule has 0 saturated carbocycles. The van der Waals surface area contributed by atoms with Crippen LogP contribution in [-0.4, -0.2) is 20.0 Å². The Bertz CT molecular complexity index is 1210. The number of carbonyl (C=O) groups is 1. The molecule has 144 valence electrons. The van der Waals surface area contributed by atoms with Gasteiger partial charge in [0.15, 0.2) is 0 Å². The van der Waals surface area contributed by atoms with Crippen LogP contribution in [0.25, 0.3) is 0 Å². The standard InChI is InChI=1S/C23H18N2O3S/c1-15-21(23(26)25(24-15)16-9-3-2-4-10-16)22-17-11-5-7-13-19(17)29(27,28)20-14-8-6-12-18(20)22/h2-14,21-22H,1H3. The molecule has 1 atom stereocenters. The molecule has 6 heteroatoms. The average Bonchev–Trinajstić information content (AvgIpc) is 3.04. The first-order chi connectivity index (χ1) is 14.0. The van der Waals surface area contributed by atoms with Crippen molar-refractivity contribution in [3.05, 3.63) is 90.0 Å². The average molecular weight is 402 g/mol. The van der Waals surface area contributed by atoms with Gasteiger partial charge < -0.3 is 0 Å². The van der Waals surface area contributed by atoms with Crippen LogP contribution in [0.15, 0.2) is 93.8 Å². The molecular formula is C23H18N2O3S. The van der Waals surface area contributed by atoms with E-state index in [4.69, 9.17) is 0 Å². The molecule has 0 saturated heterocycles. The van der Waals surface area contributed by atoms with Crippen LogP contribution in [0.4, 0.5) is 5.69 Å². The van der Waals surface area contributed by atoms with Gasteiger partial charge in [-0.15, -0.1) is 0 Å². The fraction of sp³-hybridized carbons (Fsp3) is 0.130. The van der Waals surface area contributed by atoms with E-state index in [1.54, 1.807) is 36.4 Å². The first-order valence-corrected chi connectivity index (χ1v) is 10.9. The van der Waals surface area contributed by atoms with Gasteiger partial charge in [-0.05, 0) is 42.3 Å². The highest BCUT2D eigenvalue weighted by atomic mass is 32.2. The molecule has 0 radical (unpaired) electrons. The van der Waals surface area contributed by atoms with Crippen LogP contribution in [0.5, 0.6) is 0 Å². The number of hydrogen-bond acceptors (Lipinski definition) is 4. The summed E-state index contributed by atoms with van der Waals surface area (Å²) >= 11 is 0. The minimum atomic E-state index is -3.63. The quantitative estimate of drug-likeness (QED) is 0.651. The van der Waals surface area contributed by atoms with Crippen molar-refractivity contribution in [1.29, 1.82) is 0 Å². The van der Waals surface area contributed by atoms with Gasteiger partial charge in [0.05, 0.1) is 21.4 Å². The molecule has 0 bridgehead atoms. The van der Waals surface area contributed by atoms with Crippen molar-refractivity contribution >= 4 is 27.1 Å². The Hall–Kier alpha value is -3.25. The molecule has 0 aliphatic carbocycles. The summed E-state index contributed by atoms with van der Waals surface area (Å²) in [6.07, 6.45) is 0. The van der Waals surface area contributed by atoms with Gasteiger partial charge in [-0.3, -0.25) is 4.79 Å². The first kappa shape index (κ1) is 17.8. The van der Waals surface area contributed by atoms with E-state index in [1.165, 1.54) is 5.01 Å². The Balaban J connectivity index is 1.70. The molecule has 0 aromatic heterocycles. The summed E-state index contributed by atoms with van der Waals surface area (Å²) < 4.78 is 26.4. The number of hydrogen-bond donors (Lipinski definition) is 0. The molecule has 5 rings (SSSR count). The lowest BCUT2D eigenvalue weighted by Crippen LogP contribution is -2.34. The summed E-state index contributed by atoms with van der Waals surface area (Å²) in [7, 11) is -3.63. The van der Waals surface area contributed by atoms with Crippen LogP contribution in [0, 0.1) is 5.92 Å². The number of nitrogens with zero attached hydrogens (tertiary/aromatic N) is 2. The number of carbonyl (C=O) groups excluding carboxylic acids is 1. The molecule has 0 spiro atoms. The van der Waals surface area contributed by atoms with Gasteiger partial charge >= 0.3 is 0 Å². The van der Waals surface area contributed by atoms with Gasteiger partial charge in [0.25, 0.3) is 5.91 Å². The van der Waals surface area contributed by atoms with E-state index in [0.717, 1.165) is 0 Å². The maximum Gasteiger partial charge on any atom is 0.257 e. The Kier molecular flexibility index (Phi) is 3.93. The van der Waals surface area contributed by atoms with Gasteiger partial charge in [-0.25, -0.2) is 13.4 Å². The van der Waals surface area contributed by atoms with Crippen molar-refractivity contribution in [1.82, 2.24) is 0 Å². The predicted octanol–water partition coefficient (Wildman–Crippen LogP) is 4.00. The number of anilines is 1. The smallest absolute Gasteiger partial charge is 0.257 e. The number of rotatable bonds is 2. The third-order valence-electron chi connectivity index (χ3n) is 5.60. The Morgan fingerprint density at radius 1 is 0.759 bits per heavy atom. The minimum Gasteiger partial charge on any atom is -0.272 e. The van der Waals surface area contributed by atoms with Crippen molar-refractivity contribution in [2.45, 2.75) is 22.6 Å². The second-order valence-electron chi connectivity index (χ2n) is 7.26. The lowest BCUT2D eigenvalue weighted by atomic mass is 9.78. The highest BCUT2D eigenvalue weighted by molar-refractivity contribution is 7.91. The SMILES string of the molecule is CC1=NN(c2ccccc2)C(=O)C1C1c2ccccc2S(=O)(=O)c2ccccc21. The van der Waals surface area contributed by atoms with Crippen molar-refractivity contribution < 1.29 is 13.2 Å². The molecule has 2 aliphatic heterocycles. The van der Waals surface area contributed by atoms with Crippen molar-refractivity contribution in [3.8, 4) is 0 Å². The molecule has 0 N–H and O–H groups in total. The van der Waals surface area contributed by atoms with E-state index in [-0.39, 0.29) is 15.7 Å². The largest absolute Gasteiger partial charge is 0.272 e. The zero-order chi connectivity index (χ0) is 20.2. The molecule has 2 heterocycles. The highest BCUT2D eigenvalue weighted by Gasteiger charge is 2.46. The topological polar surface area (TPSA) is 66.8 Å². The lowest BCUT2D eigenvalue weighted by Gasteiger charge is -2.31. The summed E-state index contributed by atoms with van der Waals surface area (Å²) in [5, 5.41) is 5.95. The number of para-hydroxylation sites is 1. The van der Waals surface area contributed by atoms with E-state index in [2.05, 4.69) is 5.10 Å². The van der Waals surface area contributed by atoms with E-state index in [1.807, 2.05) is 49.4 Å². The van der Waals surface area contributed by atoms with Crippen LogP contribution in [0.1, 0.15) is 24.0 Å². The zero-order valence-corrected chi connectivity index (χ0v) is 16.5. The van der Waals surface area contributed by atoms with Crippen molar-refractivity contribution in [2.24, 2.45) is 11.0 Å². The number of hydrazone groups is 1. The van der Waals surface area contributed by atoms with E-state index in [0.29, 0.717) is 22.5 Å². The monoisotopic (exact) mass is 402 g/mol. The van der Waals surface area contributed by atoms with E-state index < -0.39 is 21.7 Å². The molecule has 29 heavy (non-hydrogen) atoms. The molecule has 0 fully saturated rings. The molecule has 3 aromatic carbocycles. The summed E-state index contributed by atoms with van der Waals surface area (Å²) in [6, 6.07) is 23.2. The van der Waals surface area contributed by atoms with Gasteiger partial charge in [-0.2, -0.15) is 5.10 Å². The second kappa shape index (κ2) is 6.39. The molecule has 1 unspecified atom stereocenters. The summed E-state index contributed by atoms with van der Waals surface area (Å²) in [5.41, 5.74) is 2.67. The van der Waals surface area contributed by atoms with Gasteiger partial charge in [0.2, 0.25) is 9.84 Å². The molecule has 1 amide bonds. The van der Waals surface area contributed by atoms with Crippen LogP contribution in [0.3, 0.4) is 0 Å². The van der Waals surface area contributed by atoms with Crippen LogP contribution < -0.4 is 5.01 Å². The fourth-order valence-corrected chi connectivity index (χ4v) is 6.09. The van der Waals surface area contributed by atoms with Crippen LogP contribution in [0.2, 0.25) is 0 Å². The third kappa shape index (κ3) is 2.56. The fourth-order valence-electron chi connectivity index (χ4n) is 4.33. The Labute approximate surface area is 169 Å². The normalized spacial score (nSPS) is 20.2. The Morgan fingerprint density at radius 2 is 1.28 bits per heavy atom. The number of sulfone groups is 1. The first-order valence-electron chi connectivity index (χ1n) is 9.37. The van der Waals surface area contributed by atoms with Gasteiger partial charge in [0, 0.05) is 11.6 Å². The molecule has 5 nitrogen and oxygen atoms in total. The Morgan fingerprint density at radius 3 is 1.86 bits per heavy atom. The zero-order valence-electron chi connectivity index (χ0n) is 15.7. The number of benzene rings is 3. The van der Waals surface area contributed by atoms with E-state index >= 15 is 0 Å². The third-order valence-corrected chi connectivity index (χ3v) is 7.51. The predicted molar refractivity (Wildman–Crippen MR) is 111 cm³/mol. The minimum absolute atomic E-state index is 0.150. The lowest BCUT2D eigenvalue weighted by molar-refractivity contribution is -0.120. The van der Waals surface area contributed by atoms with E-state index in [9.17, 15) is 13.2 Å². The van der Waals surface area contributed by atoms with Crippen molar-refractivity contribution in [2.75, 3.05) is 5.01 Å². The molecule has 2 aliphatic rings.